The van der Waals surface area contributed by atoms with Crippen LogP contribution in [0.25, 0.3) is 0 Å². The molecule has 3 N–H and O–H groups in total. The van der Waals surface area contributed by atoms with Crippen molar-refractivity contribution in [3.8, 4) is 0 Å². The van der Waals surface area contributed by atoms with Gasteiger partial charge in [0.05, 0.1) is 5.60 Å². The van der Waals surface area contributed by atoms with Gasteiger partial charge >= 0.3 is 0 Å². The highest BCUT2D eigenvalue weighted by molar-refractivity contribution is 8.00. The van der Waals surface area contributed by atoms with Crippen LogP contribution in [0, 0.1) is 0 Å². The number of nitrogen functional groups attached to an aromatic ring is 1. The highest BCUT2D eigenvalue weighted by atomic mass is 32.2. The lowest BCUT2D eigenvalue weighted by atomic mass is 10.0. The van der Waals surface area contributed by atoms with E-state index < -0.39 is 5.60 Å². The van der Waals surface area contributed by atoms with Gasteiger partial charge < -0.3 is 10.8 Å². The van der Waals surface area contributed by atoms with E-state index in [9.17, 15) is 5.11 Å². The Bertz CT molecular complexity index is 329. The molecule has 1 atom stereocenters. The minimum atomic E-state index is -0.652. The lowest BCUT2D eigenvalue weighted by Gasteiger charge is -2.29. The zero-order valence-corrected chi connectivity index (χ0v) is 11.8. The molecule has 0 aliphatic heterocycles. The average Bonchev–Trinajstić information content (AvgIpc) is 2.25. The first-order valence-corrected chi connectivity index (χ1v) is 7.06. The predicted molar refractivity (Wildman–Crippen MR) is 76.3 cm³/mol. The summed E-state index contributed by atoms with van der Waals surface area (Å²) in [5, 5.41) is 10.4. The lowest BCUT2D eigenvalue weighted by molar-refractivity contribution is 0.0747. The Labute approximate surface area is 109 Å². The van der Waals surface area contributed by atoms with Crippen LogP contribution in [0.15, 0.2) is 29.2 Å². The fraction of sp³-hybridized carbons (Fsp3) is 0.571. The number of unbranched alkanes of at least 4 members (excludes halogenated alkanes) is 1. The molecule has 1 aromatic carbocycles. The molecule has 96 valence electrons. The molecule has 0 spiro atoms. The van der Waals surface area contributed by atoms with Gasteiger partial charge in [0.15, 0.2) is 0 Å². The van der Waals surface area contributed by atoms with E-state index in [1.807, 2.05) is 38.1 Å². The minimum Gasteiger partial charge on any atom is -0.399 e. The number of hydrogen-bond acceptors (Lipinski definition) is 3. The van der Waals surface area contributed by atoms with Crippen LogP contribution in [-0.4, -0.2) is 16.0 Å². The maximum atomic E-state index is 10.2. The maximum Gasteiger partial charge on any atom is 0.0713 e. The molecule has 1 aromatic rings. The molecule has 0 saturated heterocycles. The topological polar surface area (TPSA) is 46.2 Å². The van der Waals surface area contributed by atoms with Crippen LogP contribution in [0.3, 0.4) is 0 Å². The third-order valence-corrected chi connectivity index (χ3v) is 4.41. The largest absolute Gasteiger partial charge is 0.399 e. The first-order valence-electron chi connectivity index (χ1n) is 6.18. The summed E-state index contributed by atoms with van der Waals surface area (Å²) in [6.07, 6.45) is 3.35. The number of thioether (sulfide) groups is 1. The fourth-order valence-electron chi connectivity index (χ4n) is 1.66. The zero-order valence-electron chi connectivity index (χ0n) is 10.9. The standard InChI is InChI=1S/C14H23NOS/c1-4-5-6-13(14(2,3)16)17-12-9-7-11(15)8-10-12/h7-10,13,16H,4-6,15H2,1-3H3. The summed E-state index contributed by atoms with van der Waals surface area (Å²) >= 11 is 1.74. The Morgan fingerprint density at radius 3 is 2.35 bits per heavy atom. The number of hydrogen-bond donors (Lipinski definition) is 2. The van der Waals surface area contributed by atoms with E-state index in [0.717, 1.165) is 24.9 Å². The Hall–Kier alpha value is -0.670. The quantitative estimate of drug-likeness (QED) is 0.600. The number of benzene rings is 1. The molecule has 0 amide bonds. The van der Waals surface area contributed by atoms with Gasteiger partial charge in [0, 0.05) is 15.8 Å². The molecule has 1 rings (SSSR count). The molecule has 0 fully saturated rings. The van der Waals surface area contributed by atoms with Crippen molar-refractivity contribution < 1.29 is 5.11 Å². The summed E-state index contributed by atoms with van der Waals surface area (Å²) < 4.78 is 0. The first-order chi connectivity index (χ1) is 7.93. The van der Waals surface area contributed by atoms with Gasteiger partial charge in [-0.25, -0.2) is 0 Å². The van der Waals surface area contributed by atoms with E-state index >= 15 is 0 Å². The van der Waals surface area contributed by atoms with Crippen molar-refractivity contribution in [2.24, 2.45) is 0 Å². The second-order valence-electron chi connectivity index (χ2n) is 4.97. The van der Waals surface area contributed by atoms with Crippen molar-refractivity contribution >= 4 is 17.4 Å². The molecule has 0 bridgehead atoms. The van der Waals surface area contributed by atoms with E-state index in [0.29, 0.717) is 0 Å². The van der Waals surface area contributed by atoms with Crippen LogP contribution < -0.4 is 5.73 Å². The Balaban J connectivity index is 2.68. The fourth-order valence-corrected chi connectivity index (χ4v) is 2.85. The third-order valence-electron chi connectivity index (χ3n) is 2.77. The highest BCUT2D eigenvalue weighted by Crippen LogP contribution is 2.33. The average molecular weight is 253 g/mol. The van der Waals surface area contributed by atoms with Crippen LogP contribution >= 0.6 is 11.8 Å². The van der Waals surface area contributed by atoms with Crippen molar-refractivity contribution in [1.29, 1.82) is 0 Å². The lowest BCUT2D eigenvalue weighted by Crippen LogP contribution is -2.33. The van der Waals surface area contributed by atoms with Crippen LogP contribution in [0.4, 0.5) is 5.69 Å². The van der Waals surface area contributed by atoms with Gasteiger partial charge in [0.2, 0.25) is 0 Å². The molecular formula is C14H23NOS. The number of rotatable bonds is 6. The molecule has 0 aliphatic rings. The normalized spacial score (nSPS) is 13.6. The molecule has 17 heavy (non-hydrogen) atoms. The van der Waals surface area contributed by atoms with Gasteiger partial charge in [0.1, 0.15) is 0 Å². The number of aliphatic hydroxyl groups is 1. The van der Waals surface area contributed by atoms with Crippen molar-refractivity contribution in [3.63, 3.8) is 0 Å². The van der Waals surface area contributed by atoms with E-state index in [1.165, 1.54) is 4.90 Å². The van der Waals surface area contributed by atoms with Crippen molar-refractivity contribution in [2.45, 2.75) is 55.8 Å². The predicted octanol–water partition coefficient (Wildman–Crippen LogP) is 3.69. The molecule has 0 heterocycles. The molecule has 0 aromatic heterocycles. The first kappa shape index (κ1) is 14.4. The molecule has 0 radical (unpaired) electrons. The van der Waals surface area contributed by atoms with Crippen molar-refractivity contribution in [2.75, 3.05) is 5.73 Å². The van der Waals surface area contributed by atoms with Gasteiger partial charge in [-0.1, -0.05) is 19.8 Å². The van der Waals surface area contributed by atoms with Gasteiger partial charge in [0.25, 0.3) is 0 Å². The van der Waals surface area contributed by atoms with Crippen molar-refractivity contribution in [3.05, 3.63) is 24.3 Å². The maximum absolute atomic E-state index is 10.2. The Morgan fingerprint density at radius 2 is 1.88 bits per heavy atom. The molecule has 0 aliphatic carbocycles. The summed E-state index contributed by atoms with van der Waals surface area (Å²) in [6, 6.07) is 7.85. The second-order valence-corrected chi connectivity index (χ2v) is 6.25. The van der Waals surface area contributed by atoms with Crippen LogP contribution in [0.2, 0.25) is 0 Å². The summed E-state index contributed by atoms with van der Waals surface area (Å²) in [5.74, 6) is 0. The van der Waals surface area contributed by atoms with E-state index in [-0.39, 0.29) is 5.25 Å². The number of anilines is 1. The molecule has 1 unspecified atom stereocenters. The van der Waals surface area contributed by atoms with Crippen LogP contribution in [-0.2, 0) is 0 Å². The zero-order chi connectivity index (χ0) is 12.9. The summed E-state index contributed by atoms with van der Waals surface area (Å²) in [5.41, 5.74) is 5.79. The van der Waals surface area contributed by atoms with E-state index in [2.05, 4.69) is 6.92 Å². The monoisotopic (exact) mass is 253 g/mol. The highest BCUT2D eigenvalue weighted by Gasteiger charge is 2.27. The molecule has 3 heteroatoms. The summed E-state index contributed by atoms with van der Waals surface area (Å²) in [7, 11) is 0. The Morgan fingerprint density at radius 1 is 1.29 bits per heavy atom. The van der Waals surface area contributed by atoms with Gasteiger partial charge in [-0.15, -0.1) is 11.8 Å². The third kappa shape index (κ3) is 5.00. The van der Waals surface area contributed by atoms with E-state index in [1.54, 1.807) is 11.8 Å². The SMILES string of the molecule is CCCCC(Sc1ccc(N)cc1)C(C)(C)O. The molecular weight excluding hydrogens is 230 g/mol. The van der Waals surface area contributed by atoms with Gasteiger partial charge in [-0.2, -0.15) is 0 Å². The van der Waals surface area contributed by atoms with Crippen LogP contribution in [0.5, 0.6) is 0 Å². The Kier molecular flexibility index (Phi) is 5.34. The van der Waals surface area contributed by atoms with Crippen LogP contribution in [0.1, 0.15) is 40.0 Å². The second kappa shape index (κ2) is 6.31. The van der Waals surface area contributed by atoms with Crippen molar-refractivity contribution in [1.82, 2.24) is 0 Å². The van der Waals surface area contributed by atoms with E-state index in [4.69, 9.17) is 5.73 Å². The summed E-state index contributed by atoms with van der Waals surface area (Å²) in [6.45, 7) is 5.95. The summed E-state index contributed by atoms with van der Waals surface area (Å²) in [4.78, 5) is 1.17. The minimum absolute atomic E-state index is 0.228. The number of nitrogens with two attached hydrogens (primary N) is 1. The molecule has 0 saturated carbocycles. The smallest absolute Gasteiger partial charge is 0.0713 e. The molecule has 2 nitrogen and oxygen atoms in total. The van der Waals surface area contributed by atoms with Gasteiger partial charge in [-0.05, 0) is 44.5 Å². The van der Waals surface area contributed by atoms with Gasteiger partial charge in [-0.3, -0.25) is 0 Å².